The highest BCUT2D eigenvalue weighted by molar-refractivity contribution is 5.76. The van der Waals surface area contributed by atoms with Gasteiger partial charge in [0, 0.05) is 25.4 Å². The van der Waals surface area contributed by atoms with E-state index >= 15 is 0 Å². The van der Waals surface area contributed by atoms with Crippen molar-refractivity contribution in [3.8, 4) is 11.5 Å². The summed E-state index contributed by atoms with van der Waals surface area (Å²) in [6, 6.07) is 6.82. The van der Waals surface area contributed by atoms with E-state index in [9.17, 15) is 22.8 Å². The molecular weight excluding hydrogens is 377 g/mol. The number of rotatable bonds is 5. The minimum atomic E-state index is -4.59. The van der Waals surface area contributed by atoms with Crippen LogP contribution in [-0.2, 0) is 24.1 Å². The van der Waals surface area contributed by atoms with Crippen molar-refractivity contribution in [3.05, 3.63) is 58.0 Å². The van der Waals surface area contributed by atoms with Gasteiger partial charge in [0.1, 0.15) is 19.8 Å². The Hall–Kier alpha value is -2.97. The molecule has 9 heteroatoms. The first-order valence-corrected chi connectivity index (χ1v) is 8.72. The molecule has 6 nitrogen and oxygen atoms in total. The molecule has 0 unspecified atom stereocenters. The lowest BCUT2D eigenvalue weighted by Gasteiger charge is -2.23. The fourth-order valence-corrected chi connectivity index (χ4v) is 2.85. The molecule has 1 amide bonds. The normalized spacial score (nSPS) is 13.3. The molecule has 1 aliphatic rings. The second-order valence-electron chi connectivity index (χ2n) is 6.27. The molecule has 0 aliphatic carbocycles. The summed E-state index contributed by atoms with van der Waals surface area (Å²) < 4.78 is 50.3. The van der Waals surface area contributed by atoms with E-state index < -0.39 is 29.8 Å². The second kappa shape index (κ2) is 7.95. The Kier molecular flexibility index (Phi) is 5.62. The van der Waals surface area contributed by atoms with Gasteiger partial charge in [0.2, 0.25) is 5.91 Å². The monoisotopic (exact) mass is 396 g/mol. The predicted octanol–water partition coefficient (Wildman–Crippen LogP) is 2.69. The van der Waals surface area contributed by atoms with Crippen molar-refractivity contribution < 1.29 is 27.4 Å². The summed E-state index contributed by atoms with van der Waals surface area (Å²) in [7, 11) is 0. The maximum atomic E-state index is 12.9. The molecule has 0 bridgehead atoms. The van der Waals surface area contributed by atoms with Gasteiger partial charge in [-0.3, -0.25) is 9.59 Å². The SMILES string of the molecule is CCN(Cc1ccc2c(c1)OCCO2)C(=O)Cn1cc(C(F)(F)F)ccc1=O. The molecule has 0 atom stereocenters. The van der Waals surface area contributed by atoms with Crippen molar-refractivity contribution in [2.45, 2.75) is 26.2 Å². The van der Waals surface area contributed by atoms with Crippen LogP contribution in [0.3, 0.4) is 0 Å². The van der Waals surface area contributed by atoms with Crippen molar-refractivity contribution in [2.24, 2.45) is 0 Å². The number of carbonyl (C=O) groups is 1. The second-order valence-corrected chi connectivity index (χ2v) is 6.27. The van der Waals surface area contributed by atoms with Crippen LogP contribution in [0.2, 0.25) is 0 Å². The highest BCUT2D eigenvalue weighted by Crippen LogP contribution is 2.31. The number of hydrogen-bond acceptors (Lipinski definition) is 4. The van der Waals surface area contributed by atoms with E-state index in [0.717, 1.165) is 16.2 Å². The van der Waals surface area contributed by atoms with Gasteiger partial charge in [0.05, 0.1) is 5.56 Å². The molecular formula is C19H19F3N2O4. The number of carbonyl (C=O) groups excluding carboxylic acids is 1. The average Bonchev–Trinajstić information content (AvgIpc) is 2.66. The van der Waals surface area contributed by atoms with E-state index in [1.54, 1.807) is 25.1 Å². The molecule has 1 aliphatic heterocycles. The molecule has 2 aromatic rings. The van der Waals surface area contributed by atoms with Gasteiger partial charge in [-0.25, -0.2) is 0 Å². The van der Waals surface area contributed by atoms with Crippen LogP contribution in [0.5, 0.6) is 11.5 Å². The third-order valence-corrected chi connectivity index (χ3v) is 4.33. The van der Waals surface area contributed by atoms with Crippen molar-refractivity contribution in [1.29, 1.82) is 0 Å². The van der Waals surface area contributed by atoms with Crippen LogP contribution in [0.4, 0.5) is 13.2 Å². The number of amides is 1. The van der Waals surface area contributed by atoms with Gasteiger partial charge in [-0.05, 0) is 30.7 Å². The average molecular weight is 396 g/mol. The van der Waals surface area contributed by atoms with E-state index in [1.807, 2.05) is 0 Å². The minimum Gasteiger partial charge on any atom is -0.486 e. The van der Waals surface area contributed by atoms with Crippen molar-refractivity contribution in [3.63, 3.8) is 0 Å². The van der Waals surface area contributed by atoms with E-state index in [4.69, 9.17) is 9.47 Å². The number of benzene rings is 1. The molecule has 1 aromatic heterocycles. The zero-order valence-electron chi connectivity index (χ0n) is 15.2. The Morgan fingerprint density at radius 3 is 2.54 bits per heavy atom. The number of alkyl halides is 3. The van der Waals surface area contributed by atoms with Gasteiger partial charge >= 0.3 is 6.18 Å². The molecule has 1 aromatic carbocycles. The minimum absolute atomic E-state index is 0.236. The Morgan fingerprint density at radius 1 is 1.14 bits per heavy atom. The number of nitrogens with zero attached hydrogens (tertiary/aromatic N) is 2. The topological polar surface area (TPSA) is 60.8 Å². The van der Waals surface area contributed by atoms with Crippen LogP contribution in [0.1, 0.15) is 18.1 Å². The first kappa shape index (κ1) is 19.8. The van der Waals surface area contributed by atoms with Crippen LogP contribution in [0, 0.1) is 0 Å². The zero-order valence-corrected chi connectivity index (χ0v) is 15.2. The van der Waals surface area contributed by atoms with Gasteiger partial charge in [-0.2, -0.15) is 13.2 Å². The van der Waals surface area contributed by atoms with Crippen LogP contribution in [-0.4, -0.2) is 35.1 Å². The fourth-order valence-electron chi connectivity index (χ4n) is 2.85. The lowest BCUT2D eigenvalue weighted by Crippen LogP contribution is -2.36. The number of hydrogen-bond donors (Lipinski definition) is 0. The van der Waals surface area contributed by atoms with Gasteiger partial charge in [-0.1, -0.05) is 6.07 Å². The molecule has 0 N–H and O–H groups in total. The molecule has 0 fully saturated rings. The van der Waals surface area contributed by atoms with Crippen LogP contribution in [0.25, 0.3) is 0 Å². The molecule has 0 spiro atoms. The number of likely N-dealkylation sites (N-methyl/N-ethyl adjacent to an activating group) is 1. The van der Waals surface area contributed by atoms with Crippen LogP contribution >= 0.6 is 0 Å². The highest BCUT2D eigenvalue weighted by Gasteiger charge is 2.31. The largest absolute Gasteiger partial charge is 0.486 e. The third-order valence-electron chi connectivity index (χ3n) is 4.33. The Bertz CT molecular complexity index is 924. The molecule has 28 heavy (non-hydrogen) atoms. The number of halogens is 3. The van der Waals surface area contributed by atoms with E-state index in [1.165, 1.54) is 4.90 Å². The molecule has 150 valence electrons. The molecule has 2 heterocycles. The standard InChI is InChI=1S/C19H19F3N2O4/c1-2-23(10-13-3-5-15-16(9-13)28-8-7-27-15)18(26)12-24-11-14(19(20,21)22)4-6-17(24)25/h3-6,9,11H,2,7-8,10,12H2,1H3. The smallest absolute Gasteiger partial charge is 0.417 e. The first-order valence-electron chi connectivity index (χ1n) is 8.72. The molecule has 0 radical (unpaired) electrons. The summed E-state index contributed by atoms with van der Waals surface area (Å²) >= 11 is 0. The van der Waals surface area contributed by atoms with Crippen LogP contribution in [0.15, 0.2) is 41.3 Å². The van der Waals surface area contributed by atoms with Gasteiger partial charge in [0.15, 0.2) is 11.5 Å². The quantitative estimate of drug-likeness (QED) is 0.780. The number of aromatic nitrogens is 1. The number of fused-ring (bicyclic) bond motifs is 1. The van der Waals surface area contributed by atoms with Gasteiger partial charge in [-0.15, -0.1) is 0 Å². The Labute approximate surface area is 159 Å². The summed E-state index contributed by atoms with van der Waals surface area (Å²) in [6.07, 6.45) is -3.92. The fraction of sp³-hybridized carbons (Fsp3) is 0.368. The maximum absolute atomic E-state index is 12.9. The zero-order chi connectivity index (χ0) is 20.3. The van der Waals surface area contributed by atoms with Crippen molar-refractivity contribution in [1.82, 2.24) is 9.47 Å². The predicted molar refractivity (Wildman–Crippen MR) is 94.2 cm³/mol. The molecule has 3 rings (SSSR count). The highest BCUT2D eigenvalue weighted by atomic mass is 19.4. The first-order chi connectivity index (χ1) is 13.3. The summed E-state index contributed by atoms with van der Waals surface area (Å²) in [4.78, 5) is 25.9. The lowest BCUT2D eigenvalue weighted by molar-refractivity contribution is -0.138. The van der Waals surface area contributed by atoms with Crippen molar-refractivity contribution >= 4 is 5.91 Å². The summed E-state index contributed by atoms with van der Waals surface area (Å²) in [6.45, 7) is 2.76. The van der Waals surface area contributed by atoms with Gasteiger partial charge < -0.3 is 18.9 Å². The maximum Gasteiger partial charge on any atom is 0.417 e. The summed E-state index contributed by atoms with van der Waals surface area (Å²) in [5, 5.41) is 0. The summed E-state index contributed by atoms with van der Waals surface area (Å²) in [5.41, 5.74) is -0.859. The Balaban J connectivity index is 1.75. The van der Waals surface area contributed by atoms with E-state index in [-0.39, 0.29) is 6.54 Å². The number of pyridine rings is 1. The van der Waals surface area contributed by atoms with Crippen LogP contribution < -0.4 is 15.0 Å². The molecule has 0 saturated heterocycles. The summed E-state index contributed by atoms with van der Waals surface area (Å²) in [5.74, 6) is 0.750. The number of ether oxygens (including phenoxy) is 2. The third kappa shape index (κ3) is 4.47. The van der Waals surface area contributed by atoms with E-state index in [2.05, 4.69) is 0 Å². The van der Waals surface area contributed by atoms with E-state index in [0.29, 0.717) is 43.5 Å². The Morgan fingerprint density at radius 2 is 1.86 bits per heavy atom. The van der Waals surface area contributed by atoms with Gasteiger partial charge in [0.25, 0.3) is 5.56 Å². The van der Waals surface area contributed by atoms with Crippen molar-refractivity contribution in [2.75, 3.05) is 19.8 Å². The lowest BCUT2D eigenvalue weighted by atomic mass is 10.1. The molecule has 0 saturated carbocycles.